The van der Waals surface area contributed by atoms with Crippen molar-refractivity contribution in [3.63, 3.8) is 0 Å². The molecule has 3 fully saturated rings. The molecule has 0 aliphatic carbocycles. The van der Waals surface area contributed by atoms with Gasteiger partial charge in [-0.2, -0.15) is 0 Å². The Morgan fingerprint density at radius 1 is 0.897 bits per heavy atom. The lowest BCUT2D eigenvalue weighted by atomic mass is 9.93. The van der Waals surface area contributed by atoms with Gasteiger partial charge in [-0.25, -0.2) is 0 Å². The summed E-state index contributed by atoms with van der Waals surface area (Å²) in [5.41, 5.74) is 2.49. The van der Waals surface area contributed by atoms with Crippen molar-refractivity contribution in [3.8, 4) is 0 Å². The zero-order valence-corrected chi connectivity index (χ0v) is 17.2. The van der Waals surface area contributed by atoms with Crippen molar-refractivity contribution in [2.75, 3.05) is 26.2 Å². The molecule has 3 aliphatic heterocycles. The number of aryl methyl sites for hydroxylation is 1. The summed E-state index contributed by atoms with van der Waals surface area (Å²) >= 11 is 0. The molecule has 0 aromatic heterocycles. The van der Waals surface area contributed by atoms with Crippen molar-refractivity contribution in [3.05, 3.63) is 71.3 Å². The minimum atomic E-state index is -0.0449. The molecule has 5 rings (SSSR count). The van der Waals surface area contributed by atoms with Crippen LogP contribution in [0.5, 0.6) is 0 Å². The number of ketones is 1. The number of nitrogens with zero attached hydrogens (tertiary/aromatic N) is 2. The van der Waals surface area contributed by atoms with Gasteiger partial charge < -0.3 is 9.80 Å². The molecule has 3 aliphatic rings. The molecule has 0 radical (unpaired) electrons. The number of hydrogen-bond acceptors (Lipinski definition) is 3. The molecule has 2 aromatic rings. The van der Waals surface area contributed by atoms with E-state index in [1.165, 1.54) is 18.9 Å². The average Bonchev–Trinajstić information content (AvgIpc) is 3.05. The van der Waals surface area contributed by atoms with Gasteiger partial charge in [-0.1, -0.05) is 48.5 Å². The van der Waals surface area contributed by atoms with Crippen molar-refractivity contribution in [2.45, 2.75) is 38.6 Å². The van der Waals surface area contributed by atoms with Gasteiger partial charge >= 0.3 is 0 Å². The predicted octanol–water partition coefficient (Wildman–Crippen LogP) is 4.06. The number of hydrogen-bond donors (Lipinski definition) is 0. The summed E-state index contributed by atoms with van der Waals surface area (Å²) in [4.78, 5) is 29.9. The van der Waals surface area contributed by atoms with Crippen LogP contribution in [0.3, 0.4) is 0 Å². The highest BCUT2D eigenvalue weighted by Crippen LogP contribution is 2.30. The van der Waals surface area contributed by atoms with Gasteiger partial charge in [0, 0.05) is 31.2 Å². The summed E-state index contributed by atoms with van der Waals surface area (Å²) in [5, 5.41) is 0. The van der Waals surface area contributed by atoms with E-state index in [0.717, 1.165) is 45.4 Å². The maximum atomic E-state index is 13.3. The van der Waals surface area contributed by atoms with E-state index < -0.39 is 0 Å². The number of Topliss-reactive ketones (excluding diaryl/α,β-unsaturated/α-hetero) is 1. The maximum absolute atomic E-state index is 13.3. The van der Waals surface area contributed by atoms with E-state index in [0.29, 0.717) is 17.0 Å². The largest absolute Gasteiger partial charge is 0.334 e. The summed E-state index contributed by atoms with van der Waals surface area (Å²) in [5.74, 6) is 0.507. The van der Waals surface area contributed by atoms with Gasteiger partial charge in [0.1, 0.15) is 0 Å². The van der Waals surface area contributed by atoms with Gasteiger partial charge in [0.05, 0.1) is 5.56 Å². The molecular formula is C25H30N2O2. The third-order valence-electron chi connectivity index (χ3n) is 6.37. The van der Waals surface area contributed by atoms with Crippen LogP contribution < -0.4 is 0 Å². The normalized spacial score (nSPS) is 21.8. The quantitative estimate of drug-likeness (QED) is 0.699. The summed E-state index contributed by atoms with van der Waals surface area (Å²) in [7, 11) is 0. The zero-order valence-electron chi connectivity index (χ0n) is 17.2. The Bertz CT molecular complexity index is 864. The maximum Gasteiger partial charge on any atom is 0.254 e. The minimum absolute atomic E-state index is 0.0247. The van der Waals surface area contributed by atoms with Crippen LogP contribution in [0.1, 0.15) is 52.5 Å². The van der Waals surface area contributed by atoms with Gasteiger partial charge in [0.2, 0.25) is 0 Å². The molecular weight excluding hydrogens is 360 g/mol. The molecule has 0 N–H and O–H groups in total. The molecule has 0 spiro atoms. The van der Waals surface area contributed by atoms with Crippen molar-refractivity contribution in [1.82, 2.24) is 9.80 Å². The number of amides is 1. The number of carbonyl (C=O) groups excluding carboxylic acids is 2. The third kappa shape index (κ3) is 4.59. The topological polar surface area (TPSA) is 40.6 Å². The number of carbonyl (C=O) groups is 2. The van der Waals surface area contributed by atoms with Crippen molar-refractivity contribution in [1.29, 1.82) is 0 Å². The molecule has 0 unspecified atom stereocenters. The highest BCUT2D eigenvalue weighted by atomic mass is 16.2. The first-order chi connectivity index (χ1) is 14.1. The highest BCUT2D eigenvalue weighted by molar-refractivity contribution is 6.07. The summed E-state index contributed by atoms with van der Waals surface area (Å²) in [6.07, 6.45) is 4.50. The SMILES string of the molecule is CC(=O)c1ccccc1C(=O)N1C[C@H]2CC[C@@H]1CN(CCCc1ccccc1)C2. The second kappa shape index (κ2) is 8.91. The van der Waals surface area contributed by atoms with Crippen LogP contribution in [0.15, 0.2) is 54.6 Å². The highest BCUT2D eigenvalue weighted by Gasteiger charge is 2.37. The summed E-state index contributed by atoms with van der Waals surface area (Å²) < 4.78 is 0. The molecule has 1 amide bonds. The van der Waals surface area contributed by atoms with E-state index in [1.54, 1.807) is 12.1 Å². The van der Waals surface area contributed by atoms with E-state index in [1.807, 2.05) is 17.0 Å². The molecule has 3 saturated heterocycles. The Morgan fingerprint density at radius 3 is 2.38 bits per heavy atom. The van der Waals surface area contributed by atoms with Gasteiger partial charge in [-0.15, -0.1) is 0 Å². The lowest BCUT2D eigenvalue weighted by Crippen LogP contribution is -2.47. The Morgan fingerprint density at radius 2 is 1.62 bits per heavy atom. The number of piperidine rings is 1. The molecule has 4 heteroatoms. The Labute approximate surface area is 173 Å². The fraction of sp³-hybridized carbons (Fsp3) is 0.440. The minimum Gasteiger partial charge on any atom is -0.334 e. The predicted molar refractivity (Wildman–Crippen MR) is 115 cm³/mol. The van der Waals surface area contributed by atoms with Crippen LogP contribution in [-0.4, -0.2) is 53.7 Å². The molecule has 0 saturated carbocycles. The third-order valence-corrected chi connectivity index (χ3v) is 6.37. The Hall–Kier alpha value is -2.46. The monoisotopic (exact) mass is 390 g/mol. The van der Waals surface area contributed by atoms with Crippen LogP contribution in [-0.2, 0) is 6.42 Å². The second-order valence-electron chi connectivity index (χ2n) is 8.51. The summed E-state index contributed by atoms with van der Waals surface area (Å²) in [6, 6.07) is 18.1. The average molecular weight is 391 g/mol. The molecule has 152 valence electrons. The van der Waals surface area contributed by atoms with Gasteiger partial charge in [-0.05, 0) is 56.7 Å². The van der Waals surface area contributed by atoms with E-state index in [-0.39, 0.29) is 17.7 Å². The number of rotatable bonds is 6. The molecule has 4 nitrogen and oxygen atoms in total. The van der Waals surface area contributed by atoms with E-state index in [2.05, 4.69) is 35.2 Å². The molecule has 3 heterocycles. The van der Waals surface area contributed by atoms with E-state index in [9.17, 15) is 9.59 Å². The number of fused-ring (bicyclic) bond motifs is 4. The summed E-state index contributed by atoms with van der Waals surface area (Å²) in [6.45, 7) is 5.44. The van der Waals surface area contributed by atoms with E-state index >= 15 is 0 Å². The zero-order chi connectivity index (χ0) is 20.2. The van der Waals surface area contributed by atoms with Gasteiger partial charge in [0.15, 0.2) is 5.78 Å². The standard InChI is InChI=1S/C25H30N2O2/c1-19(28)23-11-5-6-12-24(23)25(29)27-17-21-13-14-22(27)18-26(16-21)15-7-10-20-8-3-2-4-9-20/h2-6,8-9,11-12,21-22H,7,10,13-18H2,1H3/t21-,22+/m0/s1. The van der Waals surface area contributed by atoms with Crippen molar-refractivity contribution in [2.24, 2.45) is 5.92 Å². The lowest BCUT2D eigenvalue weighted by Gasteiger charge is -2.36. The van der Waals surface area contributed by atoms with Crippen molar-refractivity contribution >= 4 is 11.7 Å². The van der Waals surface area contributed by atoms with Crippen molar-refractivity contribution < 1.29 is 9.59 Å². The fourth-order valence-corrected chi connectivity index (χ4v) is 4.89. The van der Waals surface area contributed by atoms with Gasteiger partial charge in [-0.3, -0.25) is 9.59 Å². The Kier molecular flexibility index (Phi) is 6.10. The molecule has 2 bridgehead atoms. The first-order valence-corrected chi connectivity index (χ1v) is 10.8. The molecule has 29 heavy (non-hydrogen) atoms. The second-order valence-corrected chi connectivity index (χ2v) is 8.51. The van der Waals surface area contributed by atoms with Crippen LogP contribution in [0.2, 0.25) is 0 Å². The first kappa shape index (κ1) is 19.8. The van der Waals surface area contributed by atoms with Crippen LogP contribution in [0.4, 0.5) is 0 Å². The van der Waals surface area contributed by atoms with Crippen LogP contribution >= 0.6 is 0 Å². The smallest absolute Gasteiger partial charge is 0.254 e. The lowest BCUT2D eigenvalue weighted by molar-refractivity contribution is 0.0582. The molecule has 2 aromatic carbocycles. The van der Waals surface area contributed by atoms with Gasteiger partial charge in [0.25, 0.3) is 5.91 Å². The van der Waals surface area contributed by atoms with Crippen LogP contribution in [0.25, 0.3) is 0 Å². The fourth-order valence-electron chi connectivity index (χ4n) is 4.89. The number of benzene rings is 2. The Balaban J connectivity index is 1.42. The van der Waals surface area contributed by atoms with E-state index in [4.69, 9.17) is 0 Å². The first-order valence-electron chi connectivity index (χ1n) is 10.8. The molecule has 2 atom stereocenters. The van der Waals surface area contributed by atoms with Crippen LogP contribution in [0, 0.1) is 5.92 Å².